The van der Waals surface area contributed by atoms with E-state index >= 15 is 0 Å². The van der Waals surface area contributed by atoms with Crippen molar-refractivity contribution in [3.05, 3.63) is 57.9 Å². The minimum atomic E-state index is -4.61. The fourth-order valence-electron chi connectivity index (χ4n) is 1.80. The highest BCUT2D eigenvalue weighted by atomic mass is 19.4. The zero-order valence-electron chi connectivity index (χ0n) is 12.1. The fourth-order valence-corrected chi connectivity index (χ4v) is 1.80. The number of halogens is 3. The van der Waals surface area contributed by atoms with Gasteiger partial charge in [0.2, 0.25) is 0 Å². The summed E-state index contributed by atoms with van der Waals surface area (Å²) in [5, 5.41) is 13.1. The highest BCUT2D eigenvalue weighted by molar-refractivity contribution is 6.05. The Hall–Kier alpha value is -3.17. The third-order valence-electron chi connectivity index (χ3n) is 2.96. The van der Waals surface area contributed by atoms with Gasteiger partial charge < -0.3 is 10.1 Å². The van der Waals surface area contributed by atoms with E-state index in [0.29, 0.717) is 6.07 Å². The number of aromatic nitrogens is 1. The van der Waals surface area contributed by atoms with Crippen LogP contribution in [-0.2, 0) is 6.18 Å². The first kappa shape index (κ1) is 17.2. The number of alkyl halides is 3. The van der Waals surface area contributed by atoms with Gasteiger partial charge in [0.05, 0.1) is 23.3 Å². The predicted octanol–water partition coefficient (Wildman–Crippen LogP) is 3.27. The molecule has 126 valence electrons. The first-order chi connectivity index (χ1) is 11.2. The predicted molar refractivity (Wildman–Crippen MR) is 76.8 cm³/mol. The smallest absolute Gasteiger partial charge is 0.433 e. The van der Waals surface area contributed by atoms with Crippen molar-refractivity contribution in [1.29, 1.82) is 0 Å². The molecule has 0 aliphatic carbocycles. The summed E-state index contributed by atoms with van der Waals surface area (Å²) in [7, 11) is 1.30. The number of ether oxygens (including phenoxy) is 1. The lowest BCUT2D eigenvalue weighted by molar-refractivity contribution is -0.384. The lowest BCUT2D eigenvalue weighted by atomic mass is 10.2. The van der Waals surface area contributed by atoms with Crippen LogP contribution in [0.5, 0.6) is 5.75 Å². The average Bonchev–Trinajstić information content (AvgIpc) is 2.54. The van der Waals surface area contributed by atoms with Crippen LogP contribution in [0, 0.1) is 10.1 Å². The molecule has 24 heavy (non-hydrogen) atoms. The van der Waals surface area contributed by atoms with Crippen LogP contribution in [0.3, 0.4) is 0 Å². The maximum absolute atomic E-state index is 12.4. The van der Waals surface area contributed by atoms with Crippen LogP contribution in [0.15, 0.2) is 36.5 Å². The summed E-state index contributed by atoms with van der Waals surface area (Å²) in [5.41, 5.74) is -1.54. The Labute approximate surface area is 133 Å². The largest absolute Gasteiger partial charge is 0.495 e. The van der Waals surface area contributed by atoms with Crippen LogP contribution in [0.1, 0.15) is 16.1 Å². The average molecular weight is 341 g/mol. The second-order valence-corrected chi connectivity index (χ2v) is 4.53. The number of benzene rings is 1. The molecule has 1 aromatic heterocycles. The topological polar surface area (TPSA) is 94.4 Å². The molecule has 10 heteroatoms. The number of hydrogen-bond donors (Lipinski definition) is 1. The van der Waals surface area contributed by atoms with E-state index in [0.717, 1.165) is 18.3 Å². The summed E-state index contributed by atoms with van der Waals surface area (Å²) in [6, 6.07) is 5.18. The summed E-state index contributed by atoms with van der Waals surface area (Å²) in [6.07, 6.45) is -3.85. The number of hydrogen-bond acceptors (Lipinski definition) is 5. The lowest BCUT2D eigenvalue weighted by Crippen LogP contribution is -2.15. The molecule has 1 N–H and O–H groups in total. The Bertz CT molecular complexity index is 776. The molecular formula is C14H10F3N3O4. The van der Waals surface area contributed by atoms with Crippen LogP contribution >= 0.6 is 0 Å². The monoisotopic (exact) mass is 341 g/mol. The van der Waals surface area contributed by atoms with Crippen LogP contribution in [0.4, 0.5) is 24.5 Å². The molecule has 0 aliphatic rings. The van der Waals surface area contributed by atoms with Gasteiger partial charge in [-0.1, -0.05) is 0 Å². The van der Waals surface area contributed by atoms with Gasteiger partial charge in [0.15, 0.2) is 0 Å². The molecule has 0 aliphatic heterocycles. The third-order valence-corrected chi connectivity index (χ3v) is 2.96. The Balaban J connectivity index is 2.26. The number of rotatable bonds is 4. The van der Waals surface area contributed by atoms with E-state index in [-0.39, 0.29) is 22.7 Å². The van der Waals surface area contributed by atoms with E-state index in [1.807, 2.05) is 0 Å². The minimum Gasteiger partial charge on any atom is -0.495 e. The standard InChI is InChI=1S/C14H10F3N3O4/c1-24-11-4-3-9(20(22)23)6-10(11)19-13(21)8-2-5-12(18-7-8)14(15,16)17/h2-7H,1H3,(H,19,21). The number of nitrogens with one attached hydrogen (secondary N) is 1. The second-order valence-electron chi connectivity index (χ2n) is 4.53. The highest BCUT2D eigenvalue weighted by Crippen LogP contribution is 2.30. The fraction of sp³-hybridized carbons (Fsp3) is 0.143. The van der Waals surface area contributed by atoms with E-state index in [2.05, 4.69) is 10.3 Å². The molecule has 1 heterocycles. The number of nitrogens with zero attached hydrogens (tertiary/aromatic N) is 2. The molecule has 0 fully saturated rings. The van der Waals surface area contributed by atoms with E-state index < -0.39 is 22.7 Å². The summed E-state index contributed by atoms with van der Waals surface area (Å²) in [5.74, 6) is -0.621. The van der Waals surface area contributed by atoms with Gasteiger partial charge in [-0.05, 0) is 18.2 Å². The number of nitro benzene ring substituents is 1. The maximum atomic E-state index is 12.4. The Morgan fingerprint density at radius 3 is 2.50 bits per heavy atom. The zero-order chi connectivity index (χ0) is 17.9. The number of carbonyl (C=O) groups is 1. The molecule has 2 rings (SSSR count). The van der Waals surface area contributed by atoms with Crippen molar-refractivity contribution < 1.29 is 27.6 Å². The van der Waals surface area contributed by atoms with Gasteiger partial charge in [-0.25, -0.2) is 0 Å². The lowest BCUT2D eigenvalue weighted by Gasteiger charge is -2.10. The van der Waals surface area contributed by atoms with E-state index in [9.17, 15) is 28.1 Å². The first-order valence-electron chi connectivity index (χ1n) is 6.39. The highest BCUT2D eigenvalue weighted by Gasteiger charge is 2.32. The Morgan fingerprint density at radius 1 is 1.29 bits per heavy atom. The van der Waals surface area contributed by atoms with Crippen molar-refractivity contribution >= 4 is 17.3 Å². The van der Waals surface area contributed by atoms with Crippen LogP contribution in [0.2, 0.25) is 0 Å². The molecule has 7 nitrogen and oxygen atoms in total. The van der Waals surface area contributed by atoms with Crippen LogP contribution in [0.25, 0.3) is 0 Å². The normalized spacial score (nSPS) is 11.0. The first-order valence-corrected chi connectivity index (χ1v) is 6.39. The number of non-ortho nitro benzene ring substituents is 1. The van der Waals surface area contributed by atoms with Crippen molar-refractivity contribution in [2.75, 3.05) is 12.4 Å². The molecule has 2 aromatic rings. The molecule has 0 unspecified atom stereocenters. The maximum Gasteiger partial charge on any atom is 0.433 e. The van der Waals surface area contributed by atoms with Crippen molar-refractivity contribution in [2.45, 2.75) is 6.18 Å². The number of methoxy groups -OCH3 is 1. The van der Waals surface area contributed by atoms with Crippen LogP contribution < -0.4 is 10.1 Å². The second kappa shape index (κ2) is 6.52. The van der Waals surface area contributed by atoms with Crippen molar-refractivity contribution in [2.24, 2.45) is 0 Å². The van der Waals surface area contributed by atoms with E-state index in [1.165, 1.54) is 19.2 Å². The molecule has 1 amide bonds. The molecule has 0 saturated heterocycles. The summed E-state index contributed by atoms with van der Waals surface area (Å²) in [4.78, 5) is 25.4. The van der Waals surface area contributed by atoms with Crippen LogP contribution in [-0.4, -0.2) is 22.9 Å². The van der Waals surface area contributed by atoms with Gasteiger partial charge in [-0.3, -0.25) is 19.9 Å². The van der Waals surface area contributed by atoms with Crippen molar-refractivity contribution in [3.63, 3.8) is 0 Å². The van der Waals surface area contributed by atoms with Crippen molar-refractivity contribution in [1.82, 2.24) is 4.98 Å². The van der Waals surface area contributed by atoms with Gasteiger partial charge in [0.25, 0.3) is 11.6 Å². The minimum absolute atomic E-state index is 0.0107. The number of carbonyl (C=O) groups excluding carboxylic acids is 1. The van der Waals surface area contributed by atoms with Crippen molar-refractivity contribution in [3.8, 4) is 5.75 Å². The Kier molecular flexibility index (Phi) is 4.67. The molecule has 0 radical (unpaired) electrons. The molecule has 0 bridgehead atoms. The van der Waals surface area contributed by atoms with E-state index in [1.54, 1.807) is 0 Å². The molecular weight excluding hydrogens is 331 g/mol. The number of anilines is 1. The SMILES string of the molecule is COc1ccc([N+](=O)[O-])cc1NC(=O)c1ccc(C(F)(F)F)nc1. The quantitative estimate of drug-likeness (QED) is 0.680. The zero-order valence-corrected chi connectivity index (χ0v) is 12.1. The summed E-state index contributed by atoms with van der Waals surface area (Å²) in [6.45, 7) is 0. The van der Waals surface area contributed by atoms with Gasteiger partial charge in [0, 0.05) is 18.3 Å². The third kappa shape index (κ3) is 3.77. The van der Waals surface area contributed by atoms with E-state index in [4.69, 9.17) is 4.74 Å². The van der Waals surface area contributed by atoms with Gasteiger partial charge in [-0.15, -0.1) is 0 Å². The number of pyridine rings is 1. The number of nitro groups is 1. The van der Waals surface area contributed by atoms with Gasteiger partial charge >= 0.3 is 6.18 Å². The summed E-state index contributed by atoms with van der Waals surface area (Å²) < 4.78 is 42.3. The molecule has 0 saturated carbocycles. The van der Waals surface area contributed by atoms with Gasteiger partial charge in [0.1, 0.15) is 11.4 Å². The Morgan fingerprint density at radius 2 is 2.00 bits per heavy atom. The van der Waals surface area contributed by atoms with Gasteiger partial charge in [-0.2, -0.15) is 13.2 Å². The molecule has 0 atom stereocenters. The molecule has 0 spiro atoms. The molecule has 1 aromatic carbocycles. The summed E-state index contributed by atoms with van der Waals surface area (Å²) >= 11 is 0. The number of amides is 1.